The van der Waals surface area contributed by atoms with Crippen LogP contribution < -0.4 is 5.32 Å². The van der Waals surface area contributed by atoms with Crippen LogP contribution >= 0.6 is 11.3 Å². The predicted octanol–water partition coefficient (Wildman–Crippen LogP) is 3.82. The van der Waals surface area contributed by atoms with Gasteiger partial charge < -0.3 is 20.2 Å². The van der Waals surface area contributed by atoms with Crippen molar-refractivity contribution in [2.75, 3.05) is 45.1 Å². The number of hydrogen-bond donors (Lipinski definition) is 2. The van der Waals surface area contributed by atoms with E-state index in [2.05, 4.69) is 45.0 Å². The Balaban J connectivity index is 1.49. The maximum atomic E-state index is 13.3. The van der Waals surface area contributed by atoms with E-state index in [4.69, 9.17) is 4.98 Å². The van der Waals surface area contributed by atoms with E-state index >= 15 is 0 Å². The number of aliphatic hydroxyl groups is 1. The van der Waals surface area contributed by atoms with Crippen LogP contribution in [0.5, 0.6) is 0 Å². The average molecular weight is 463 g/mol. The summed E-state index contributed by atoms with van der Waals surface area (Å²) in [7, 11) is 2.11. The number of fused-ring (bicyclic) bond motifs is 2. The van der Waals surface area contributed by atoms with Gasteiger partial charge in [-0.2, -0.15) is 0 Å². The summed E-state index contributed by atoms with van der Waals surface area (Å²) in [6, 6.07) is 0. The number of rotatable bonds is 6. The summed E-state index contributed by atoms with van der Waals surface area (Å²) in [4.78, 5) is 23.9. The lowest BCUT2D eigenvalue weighted by Crippen LogP contribution is -2.55. The van der Waals surface area contributed by atoms with Crippen molar-refractivity contribution in [1.29, 1.82) is 0 Å². The van der Waals surface area contributed by atoms with Crippen molar-refractivity contribution < 1.29 is 9.90 Å². The molecule has 1 saturated heterocycles. The number of aromatic nitrogens is 1. The van der Waals surface area contributed by atoms with E-state index in [9.17, 15) is 9.90 Å². The van der Waals surface area contributed by atoms with Crippen molar-refractivity contribution in [2.45, 2.75) is 71.8 Å². The van der Waals surface area contributed by atoms with Gasteiger partial charge in [0.2, 0.25) is 5.91 Å². The Bertz CT molecular complexity index is 806. The molecular weight excluding hydrogens is 420 g/mol. The summed E-state index contributed by atoms with van der Waals surface area (Å²) < 4.78 is 0. The van der Waals surface area contributed by atoms with Gasteiger partial charge in [0.1, 0.15) is 0 Å². The smallest absolute Gasteiger partial charge is 0.225 e. The fourth-order valence-electron chi connectivity index (χ4n) is 6.49. The Kier molecular flexibility index (Phi) is 7.18. The minimum Gasteiger partial charge on any atom is -0.392 e. The van der Waals surface area contributed by atoms with Crippen LogP contribution in [0.1, 0.15) is 69.9 Å². The number of carbonyl (C=O) groups is 1. The van der Waals surface area contributed by atoms with Gasteiger partial charge in [-0.3, -0.25) is 4.79 Å². The first-order valence-electron chi connectivity index (χ1n) is 12.6. The molecule has 1 amide bonds. The fourth-order valence-corrected chi connectivity index (χ4v) is 7.78. The van der Waals surface area contributed by atoms with Crippen LogP contribution in [0, 0.1) is 23.2 Å². The van der Waals surface area contributed by atoms with Crippen molar-refractivity contribution in [3.8, 4) is 0 Å². The standard InChI is InChI=1S/C25H42N4O2S/c1-6-7-10-26-24-27-21-17(3)20-22(30)18(8-9-25(20,4)15-19(21)32-24)16(2)23(31)29-13-11-28(5)12-14-29/h16-18,20,22,30H,6-15H2,1-5H3,(H,26,27). The van der Waals surface area contributed by atoms with Crippen LogP contribution in [0.4, 0.5) is 5.13 Å². The van der Waals surface area contributed by atoms with Crippen LogP contribution in [0.25, 0.3) is 0 Å². The lowest BCUT2D eigenvalue weighted by atomic mass is 9.53. The van der Waals surface area contributed by atoms with Crippen molar-refractivity contribution in [3.05, 3.63) is 10.6 Å². The van der Waals surface area contributed by atoms with Gasteiger partial charge in [0.05, 0.1) is 11.8 Å². The maximum Gasteiger partial charge on any atom is 0.225 e. The van der Waals surface area contributed by atoms with Gasteiger partial charge in [-0.15, -0.1) is 11.3 Å². The van der Waals surface area contributed by atoms with Gasteiger partial charge in [-0.25, -0.2) is 4.98 Å². The lowest BCUT2D eigenvalue weighted by molar-refractivity contribution is -0.146. The van der Waals surface area contributed by atoms with Crippen LogP contribution in [-0.2, 0) is 11.2 Å². The SMILES string of the molecule is CCCCNc1nc2c(s1)CC1(C)CCC(C(C)C(=O)N3CCN(C)CC3)C(O)C1C2C. The molecule has 4 rings (SSSR count). The second kappa shape index (κ2) is 9.59. The second-order valence-electron chi connectivity index (χ2n) is 10.9. The molecule has 2 heterocycles. The summed E-state index contributed by atoms with van der Waals surface area (Å²) >= 11 is 1.81. The topological polar surface area (TPSA) is 68.7 Å². The fraction of sp³-hybridized carbons (Fsp3) is 0.840. The molecule has 0 bridgehead atoms. The number of unbranched alkanes of at least 4 members (excludes halogenated alkanes) is 1. The molecule has 2 N–H and O–H groups in total. The zero-order valence-corrected chi connectivity index (χ0v) is 21.4. The van der Waals surface area contributed by atoms with Crippen LogP contribution in [0.2, 0.25) is 0 Å². The largest absolute Gasteiger partial charge is 0.392 e. The molecule has 1 aromatic rings. The number of aliphatic hydroxyl groups excluding tert-OH is 1. The van der Waals surface area contributed by atoms with E-state index in [1.807, 2.05) is 16.2 Å². The Morgan fingerprint density at radius 2 is 2.06 bits per heavy atom. The van der Waals surface area contributed by atoms with Gasteiger partial charge in [-0.1, -0.05) is 34.1 Å². The quantitative estimate of drug-likeness (QED) is 0.629. The van der Waals surface area contributed by atoms with Gasteiger partial charge in [0, 0.05) is 49.4 Å². The number of hydrogen-bond acceptors (Lipinski definition) is 6. The molecule has 32 heavy (non-hydrogen) atoms. The molecule has 0 radical (unpaired) electrons. The van der Waals surface area contributed by atoms with E-state index in [0.717, 1.165) is 63.5 Å². The monoisotopic (exact) mass is 462 g/mol. The predicted molar refractivity (Wildman–Crippen MR) is 131 cm³/mol. The molecule has 1 aliphatic heterocycles. The summed E-state index contributed by atoms with van der Waals surface area (Å²) in [5.41, 5.74) is 1.25. The Morgan fingerprint density at radius 3 is 2.75 bits per heavy atom. The zero-order valence-electron chi connectivity index (χ0n) is 20.6. The summed E-state index contributed by atoms with van der Waals surface area (Å²) in [5, 5.41) is 16.2. The third kappa shape index (κ3) is 4.45. The van der Waals surface area contributed by atoms with E-state index in [-0.39, 0.29) is 35.0 Å². The zero-order chi connectivity index (χ0) is 23.0. The third-order valence-corrected chi connectivity index (χ3v) is 9.60. The van der Waals surface area contributed by atoms with Crippen LogP contribution in [0.15, 0.2) is 0 Å². The highest BCUT2D eigenvalue weighted by atomic mass is 32.1. The average Bonchev–Trinajstić information content (AvgIpc) is 3.16. The second-order valence-corrected chi connectivity index (χ2v) is 11.9. The third-order valence-electron chi connectivity index (χ3n) is 8.58. The molecular formula is C25H42N4O2S. The van der Waals surface area contributed by atoms with Crippen LogP contribution in [-0.4, -0.2) is 71.7 Å². The number of likely N-dealkylation sites (N-methyl/N-ethyl adjacent to an activating group) is 1. The number of carbonyl (C=O) groups excluding carboxylic acids is 1. The van der Waals surface area contributed by atoms with Gasteiger partial charge in [0.25, 0.3) is 0 Å². The number of anilines is 1. The summed E-state index contributed by atoms with van der Waals surface area (Å²) in [5.74, 6) is 0.497. The Morgan fingerprint density at radius 1 is 1.34 bits per heavy atom. The number of nitrogens with one attached hydrogen (secondary N) is 1. The highest BCUT2D eigenvalue weighted by molar-refractivity contribution is 7.15. The molecule has 2 fully saturated rings. The molecule has 3 aliphatic rings. The van der Waals surface area contributed by atoms with Crippen LogP contribution in [0.3, 0.4) is 0 Å². The molecule has 6 unspecified atom stereocenters. The highest BCUT2D eigenvalue weighted by Crippen LogP contribution is 2.57. The maximum absolute atomic E-state index is 13.3. The van der Waals surface area contributed by atoms with Crippen molar-refractivity contribution in [1.82, 2.24) is 14.8 Å². The van der Waals surface area contributed by atoms with Crippen molar-refractivity contribution >= 4 is 22.4 Å². The molecule has 6 atom stereocenters. The van der Waals surface area contributed by atoms with Crippen molar-refractivity contribution in [2.24, 2.45) is 23.2 Å². The molecule has 0 spiro atoms. The van der Waals surface area contributed by atoms with Gasteiger partial charge in [-0.05, 0) is 50.0 Å². The minimum atomic E-state index is -0.457. The highest BCUT2D eigenvalue weighted by Gasteiger charge is 2.54. The molecule has 1 aromatic heterocycles. The first-order chi connectivity index (χ1) is 15.2. The Labute approximate surface area is 197 Å². The number of amides is 1. The van der Waals surface area contributed by atoms with Gasteiger partial charge in [0.15, 0.2) is 5.13 Å². The van der Waals surface area contributed by atoms with E-state index in [0.29, 0.717) is 0 Å². The van der Waals surface area contributed by atoms with Gasteiger partial charge >= 0.3 is 0 Å². The number of nitrogens with zero attached hydrogens (tertiary/aromatic N) is 3. The lowest BCUT2D eigenvalue weighted by Gasteiger charge is -2.53. The first kappa shape index (κ1) is 24.0. The molecule has 180 valence electrons. The van der Waals surface area contributed by atoms with E-state index in [1.165, 1.54) is 17.0 Å². The molecule has 7 heteroatoms. The number of thiazole rings is 1. The molecule has 1 saturated carbocycles. The first-order valence-corrected chi connectivity index (χ1v) is 13.5. The Hall–Kier alpha value is -1.18. The normalized spacial score (nSPS) is 34.0. The van der Waals surface area contributed by atoms with Crippen molar-refractivity contribution in [3.63, 3.8) is 0 Å². The molecule has 6 nitrogen and oxygen atoms in total. The minimum absolute atomic E-state index is 0.0324. The molecule has 0 aromatic carbocycles. The summed E-state index contributed by atoms with van der Waals surface area (Å²) in [6.45, 7) is 13.3. The van der Waals surface area contributed by atoms with E-state index < -0.39 is 6.10 Å². The molecule has 2 aliphatic carbocycles. The van der Waals surface area contributed by atoms with E-state index in [1.54, 1.807) is 0 Å². The summed E-state index contributed by atoms with van der Waals surface area (Å²) in [6.07, 6.45) is 4.86. The number of piperazine rings is 1.